The van der Waals surface area contributed by atoms with E-state index in [0.29, 0.717) is 21.7 Å². The summed E-state index contributed by atoms with van der Waals surface area (Å²) in [5.74, 6) is 12.5. The van der Waals surface area contributed by atoms with E-state index in [9.17, 15) is 10.2 Å². The maximum absolute atomic E-state index is 10.2. The highest BCUT2D eigenvalue weighted by atomic mass is 16.3. The Morgan fingerprint density at radius 1 is 0.483 bits per heavy atom. The smallest absolute Gasteiger partial charge is 0.0577 e. The number of hydrogen-bond acceptors (Lipinski definition) is 2. The van der Waals surface area contributed by atoms with Crippen molar-refractivity contribution in [1.82, 2.24) is 0 Å². The van der Waals surface area contributed by atoms with E-state index >= 15 is 0 Å². The minimum atomic E-state index is -0.0790. The van der Waals surface area contributed by atoms with Crippen molar-refractivity contribution < 1.29 is 10.2 Å². The van der Waals surface area contributed by atoms with Crippen LogP contribution in [-0.2, 0) is 0 Å². The van der Waals surface area contributed by atoms with Crippen LogP contribution in [0, 0.1) is 105 Å². The Hall–Kier alpha value is -0.600. The number of hydrogen-bond donors (Lipinski definition) is 2. The summed E-state index contributed by atoms with van der Waals surface area (Å²) in [5.41, 5.74) is 5.17. The van der Waals surface area contributed by atoms with Gasteiger partial charge in [0.2, 0.25) is 0 Å². The molecule has 6 saturated carbocycles. The van der Waals surface area contributed by atoms with Crippen LogP contribution in [0.2, 0.25) is 0 Å². The lowest BCUT2D eigenvalue weighted by molar-refractivity contribution is -0.0575. The quantitative estimate of drug-likeness (QED) is 0.216. The number of allylic oxidation sites excluding steroid dienone is 2. The molecule has 18 unspecified atom stereocenters. The highest BCUT2D eigenvalue weighted by Crippen LogP contribution is 2.69. The fourth-order valence-corrected chi connectivity index (χ4v) is 17.4. The Balaban J connectivity index is 0.000000177. The van der Waals surface area contributed by atoms with Crippen LogP contribution in [0.25, 0.3) is 0 Å². The molecule has 18 atom stereocenters. The first-order chi connectivity index (χ1) is 27.3. The maximum atomic E-state index is 10.2. The van der Waals surface area contributed by atoms with Gasteiger partial charge < -0.3 is 10.2 Å². The third-order valence-electron chi connectivity index (χ3n) is 22.1. The second kappa shape index (κ2) is 17.5. The molecule has 0 saturated heterocycles. The normalized spacial score (nSPS) is 46.5. The minimum Gasteiger partial charge on any atom is -0.393 e. The summed E-state index contributed by atoms with van der Waals surface area (Å²) >= 11 is 0. The molecule has 58 heavy (non-hydrogen) atoms. The predicted octanol–water partition coefficient (Wildman–Crippen LogP) is 15.3. The van der Waals surface area contributed by atoms with Crippen molar-refractivity contribution in [2.45, 2.75) is 224 Å². The lowest BCUT2D eigenvalue weighted by Crippen LogP contribution is -2.50. The Morgan fingerprint density at radius 2 is 0.862 bits per heavy atom. The first kappa shape index (κ1) is 45.4. The van der Waals surface area contributed by atoms with Crippen LogP contribution < -0.4 is 0 Å². The van der Waals surface area contributed by atoms with E-state index in [-0.39, 0.29) is 12.2 Å². The third kappa shape index (κ3) is 8.20. The lowest BCUT2D eigenvalue weighted by Gasteiger charge is -2.58. The zero-order chi connectivity index (χ0) is 41.9. The molecule has 6 fully saturated rings. The molecule has 8 rings (SSSR count). The molecule has 2 nitrogen and oxygen atoms in total. The summed E-state index contributed by atoms with van der Waals surface area (Å²) in [4.78, 5) is 0. The van der Waals surface area contributed by atoms with Gasteiger partial charge in [-0.25, -0.2) is 0 Å². The fourth-order valence-electron chi connectivity index (χ4n) is 17.4. The lowest BCUT2D eigenvalue weighted by atomic mass is 9.47. The van der Waals surface area contributed by atoms with E-state index in [1.807, 2.05) is 0 Å². The zero-order valence-corrected chi connectivity index (χ0v) is 40.4. The number of aliphatic hydroxyl groups is 2. The van der Waals surface area contributed by atoms with Gasteiger partial charge in [0, 0.05) is 0 Å². The number of rotatable bonds is 10. The minimum absolute atomic E-state index is 0.0790. The van der Waals surface area contributed by atoms with Gasteiger partial charge in [-0.05, 0) is 207 Å². The summed E-state index contributed by atoms with van der Waals surface area (Å²) in [6, 6.07) is 0. The number of aliphatic hydroxyl groups excluding tert-OH is 2. The standard InChI is InChI=1S/2C28H48O/c2*1-18(2)19(3)7-8-20(4)24-11-12-25-23-10-9-21-17-22(29)13-15-27(21,5)26(23)14-16-28(24,25)6/h2*9,18-20,22-26,29H,7-8,10-17H2,1-6H3. The molecule has 0 amide bonds. The van der Waals surface area contributed by atoms with E-state index in [0.717, 1.165) is 109 Å². The summed E-state index contributed by atoms with van der Waals surface area (Å²) in [5, 5.41) is 20.5. The Labute approximate surface area is 360 Å². The van der Waals surface area contributed by atoms with E-state index in [4.69, 9.17) is 0 Å². The second-order valence-electron chi connectivity index (χ2n) is 25.3. The molecule has 0 bridgehead atoms. The van der Waals surface area contributed by atoms with Crippen molar-refractivity contribution in [3.05, 3.63) is 23.3 Å². The van der Waals surface area contributed by atoms with Gasteiger partial charge in [-0.1, -0.05) is 132 Å². The largest absolute Gasteiger partial charge is 0.393 e. The van der Waals surface area contributed by atoms with Crippen LogP contribution in [0.5, 0.6) is 0 Å². The molecular formula is C56H96O2. The molecule has 0 aromatic heterocycles. The summed E-state index contributed by atoms with van der Waals surface area (Å²) in [6.07, 6.45) is 31.4. The van der Waals surface area contributed by atoms with Crippen molar-refractivity contribution in [2.75, 3.05) is 0 Å². The molecular weight excluding hydrogens is 705 g/mol. The first-order valence-corrected chi connectivity index (χ1v) is 26.1. The van der Waals surface area contributed by atoms with E-state index < -0.39 is 0 Å². The Kier molecular flexibility index (Phi) is 13.7. The Morgan fingerprint density at radius 3 is 1.22 bits per heavy atom. The fraction of sp³-hybridized carbons (Fsp3) is 0.929. The monoisotopic (exact) mass is 801 g/mol. The van der Waals surface area contributed by atoms with Crippen molar-refractivity contribution in [3.63, 3.8) is 0 Å². The van der Waals surface area contributed by atoms with Gasteiger partial charge in [-0.3, -0.25) is 0 Å². The van der Waals surface area contributed by atoms with Gasteiger partial charge in [0.15, 0.2) is 0 Å². The summed E-state index contributed by atoms with van der Waals surface area (Å²) in [7, 11) is 0. The average molecular weight is 801 g/mol. The van der Waals surface area contributed by atoms with Crippen molar-refractivity contribution in [2.24, 2.45) is 105 Å². The van der Waals surface area contributed by atoms with Crippen LogP contribution >= 0.6 is 0 Å². The molecule has 0 aromatic rings. The van der Waals surface area contributed by atoms with Crippen molar-refractivity contribution >= 4 is 0 Å². The van der Waals surface area contributed by atoms with Crippen LogP contribution in [-0.4, -0.2) is 22.4 Å². The van der Waals surface area contributed by atoms with E-state index in [1.165, 1.54) is 103 Å². The van der Waals surface area contributed by atoms with Crippen LogP contribution in [0.4, 0.5) is 0 Å². The molecule has 332 valence electrons. The van der Waals surface area contributed by atoms with Gasteiger partial charge >= 0.3 is 0 Å². The summed E-state index contributed by atoms with van der Waals surface area (Å²) in [6.45, 7) is 30.1. The molecule has 2 N–H and O–H groups in total. The van der Waals surface area contributed by atoms with Gasteiger partial charge in [0.1, 0.15) is 0 Å². The predicted molar refractivity (Wildman–Crippen MR) is 247 cm³/mol. The molecule has 0 spiro atoms. The molecule has 2 heteroatoms. The SMILES string of the molecule is CC(C)C(C)CCC(C)C1CCC2C3CC=C4CC(O)CCC4(C)C3CCC12C.CC(C)C(C)CCC(C)C1CCC2C3CC=C4CC(O)CCC4(C)C3CCC12C. The topological polar surface area (TPSA) is 40.5 Å². The van der Waals surface area contributed by atoms with Gasteiger partial charge in [-0.2, -0.15) is 0 Å². The molecule has 0 aliphatic heterocycles. The zero-order valence-electron chi connectivity index (χ0n) is 40.4. The van der Waals surface area contributed by atoms with E-state index in [2.05, 4.69) is 95.2 Å². The van der Waals surface area contributed by atoms with Crippen LogP contribution in [0.1, 0.15) is 212 Å². The van der Waals surface area contributed by atoms with Crippen molar-refractivity contribution in [3.8, 4) is 0 Å². The Bertz CT molecular complexity index is 1350. The highest BCUT2D eigenvalue weighted by molar-refractivity contribution is 5.27. The van der Waals surface area contributed by atoms with Crippen LogP contribution in [0.15, 0.2) is 23.3 Å². The molecule has 8 aliphatic carbocycles. The van der Waals surface area contributed by atoms with Crippen molar-refractivity contribution in [1.29, 1.82) is 0 Å². The van der Waals surface area contributed by atoms with Gasteiger partial charge in [-0.15, -0.1) is 0 Å². The number of fused-ring (bicyclic) bond motifs is 10. The third-order valence-corrected chi connectivity index (χ3v) is 22.1. The van der Waals surface area contributed by atoms with Crippen LogP contribution in [0.3, 0.4) is 0 Å². The van der Waals surface area contributed by atoms with Gasteiger partial charge in [0.05, 0.1) is 12.2 Å². The molecule has 8 aliphatic rings. The maximum Gasteiger partial charge on any atom is 0.0577 e. The van der Waals surface area contributed by atoms with E-state index in [1.54, 1.807) is 11.1 Å². The molecule has 0 heterocycles. The average Bonchev–Trinajstić information content (AvgIpc) is 3.73. The summed E-state index contributed by atoms with van der Waals surface area (Å²) < 4.78 is 0. The molecule has 0 radical (unpaired) electrons. The molecule has 0 aromatic carbocycles. The second-order valence-corrected chi connectivity index (χ2v) is 25.3. The highest BCUT2D eigenvalue weighted by Gasteiger charge is 2.60. The first-order valence-electron chi connectivity index (χ1n) is 26.1. The van der Waals surface area contributed by atoms with Gasteiger partial charge in [0.25, 0.3) is 0 Å².